The van der Waals surface area contributed by atoms with Gasteiger partial charge in [0, 0.05) is 6.04 Å². The van der Waals surface area contributed by atoms with Gasteiger partial charge in [-0.05, 0) is 41.7 Å². The fourth-order valence-corrected chi connectivity index (χ4v) is 2.85. The summed E-state index contributed by atoms with van der Waals surface area (Å²) in [5.41, 5.74) is 10.3. The third-order valence-corrected chi connectivity index (χ3v) is 3.98. The van der Waals surface area contributed by atoms with Crippen molar-refractivity contribution in [3.05, 3.63) is 83.4 Å². The van der Waals surface area contributed by atoms with E-state index >= 15 is 0 Å². The van der Waals surface area contributed by atoms with Gasteiger partial charge in [0.05, 0.1) is 0 Å². The topological polar surface area (TPSA) is 26.0 Å². The fourth-order valence-electron chi connectivity index (χ4n) is 2.85. The summed E-state index contributed by atoms with van der Waals surface area (Å²) in [6.07, 6.45) is 1.83. The van der Waals surface area contributed by atoms with Gasteiger partial charge < -0.3 is 5.73 Å². The first-order valence-electron chi connectivity index (χ1n) is 7.50. The molecule has 0 aliphatic rings. The maximum Gasteiger partial charge on any atom is 0.0120 e. The first kappa shape index (κ1) is 13.8. The van der Waals surface area contributed by atoms with Crippen LogP contribution in [0, 0.1) is 6.92 Å². The molecule has 0 saturated heterocycles. The van der Waals surface area contributed by atoms with Crippen molar-refractivity contribution >= 4 is 10.8 Å². The normalized spacial score (nSPS) is 12.5. The quantitative estimate of drug-likeness (QED) is 0.756. The monoisotopic (exact) mass is 275 g/mol. The maximum absolute atomic E-state index is 6.37. The van der Waals surface area contributed by atoms with Crippen molar-refractivity contribution in [2.45, 2.75) is 25.8 Å². The van der Waals surface area contributed by atoms with E-state index in [1.54, 1.807) is 0 Å². The highest BCUT2D eigenvalue weighted by Crippen LogP contribution is 2.20. The summed E-state index contributed by atoms with van der Waals surface area (Å²) in [7, 11) is 0. The van der Waals surface area contributed by atoms with Gasteiger partial charge in [0.2, 0.25) is 0 Å². The number of nitrogens with two attached hydrogens (primary N) is 1. The molecule has 2 N–H and O–H groups in total. The lowest BCUT2D eigenvalue weighted by Gasteiger charge is -2.14. The van der Waals surface area contributed by atoms with Gasteiger partial charge in [-0.2, -0.15) is 0 Å². The van der Waals surface area contributed by atoms with Gasteiger partial charge in [-0.1, -0.05) is 72.3 Å². The Morgan fingerprint density at radius 2 is 1.52 bits per heavy atom. The lowest BCUT2D eigenvalue weighted by Crippen LogP contribution is -2.25. The molecule has 0 aliphatic carbocycles. The third-order valence-electron chi connectivity index (χ3n) is 3.98. The van der Waals surface area contributed by atoms with Crippen molar-refractivity contribution < 1.29 is 0 Å². The van der Waals surface area contributed by atoms with E-state index < -0.39 is 0 Å². The molecule has 3 aromatic rings. The van der Waals surface area contributed by atoms with E-state index in [2.05, 4.69) is 73.7 Å². The molecule has 1 nitrogen and oxygen atoms in total. The van der Waals surface area contributed by atoms with E-state index in [1.165, 1.54) is 27.5 Å². The Kier molecular flexibility index (Phi) is 4.03. The number of rotatable bonds is 4. The molecule has 0 fully saturated rings. The van der Waals surface area contributed by atoms with Crippen LogP contribution in [0.15, 0.2) is 66.7 Å². The van der Waals surface area contributed by atoms with Crippen molar-refractivity contribution in [3.8, 4) is 0 Å². The predicted octanol–water partition coefficient (Wildman–Crippen LogP) is 4.26. The standard InChI is InChI=1S/C20H21N/c1-15-9-11-16(12-10-15)13-19(21)14-18-7-4-6-17-5-2-3-8-20(17)18/h2-12,19H,13-14,21H2,1H3. The summed E-state index contributed by atoms with van der Waals surface area (Å²) < 4.78 is 0. The Bertz CT molecular complexity index is 723. The average molecular weight is 275 g/mol. The Labute approximate surface area is 126 Å². The molecule has 1 atom stereocenters. The van der Waals surface area contributed by atoms with Crippen LogP contribution in [0.5, 0.6) is 0 Å². The van der Waals surface area contributed by atoms with Crippen LogP contribution in [0.1, 0.15) is 16.7 Å². The van der Waals surface area contributed by atoms with Gasteiger partial charge >= 0.3 is 0 Å². The van der Waals surface area contributed by atoms with Crippen LogP contribution in [-0.4, -0.2) is 6.04 Å². The molecule has 0 spiro atoms. The first-order valence-corrected chi connectivity index (χ1v) is 7.50. The van der Waals surface area contributed by atoms with Crippen molar-refractivity contribution in [3.63, 3.8) is 0 Å². The molecule has 0 aliphatic heterocycles. The summed E-state index contributed by atoms with van der Waals surface area (Å²) in [6, 6.07) is 23.8. The minimum absolute atomic E-state index is 0.151. The van der Waals surface area contributed by atoms with Crippen LogP contribution in [0.25, 0.3) is 10.8 Å². The molecule has 0 heterocycles. The second-order valence-electron chi connectivity index (χ2n) is 5.79. The SMILES string of the molecule is Cc1ccc(CC(N)Cc2cccc3ccccc23)cc1. The van der Waals surface area contributed by atoms with Gasteiger partial charge in [-0.3, -0.25) is 0 Å². The Morgan fingerprint density at radius 1 is 0.810 bits per heavy atom. The first-order chi connectivity index (χ1) is 10.2. The molecule has 3 rings (SSSR count). The Balaban J connectivity index is 1.77. The highest BCUT2D eigenvalue weighted by Gasteiger charge is 2.08. The molecule has 3 aromatic carbocycles. The molecule has 0 amide bonds. The van der Waals surface area contributed by atoms with Crippen molar-refractivity contribution in [1.29, 1.82) is 0 Å². The molecule has 106 valence electrons. The number of hydrogen-bond donors (Lipinski definition) is 1. The molecular weight excluding hydrogens is 254 g/mol. The average Bonchev–Trinajstić information content (AvgIpc) is 2.50. The van der Waals surface area contributed by atoms with E-state index in [1.807, 2.05) is 0 Å². The molecule has 0 saturated carbocycles. The van der Waals surface area contributed by atoms with Crippen molar-refractivity contribution in [1.82, 2.24) is 0 Å². The molecule has 0 aromatic heterocycles. The molecule has 1 heteroatoms. The van der Waals surface area contributed by atoms with Gasteiger partial charge in [-0.15, -0.1) is 0 Å². The summed E-state index contributed by atoms with van der Waals surface area (Å²) >= 11 is 0. The molecule has 21 heavy (non-hydrogen) atoms. The second kappa shape index (κ2) is 6.11. The van der Waals surface area contributed by atoms with E-state index in [4.69, 9.17) is 5.73 Å². The second-order valence-corrected chi connectivity index (χ2v) is 5.79. The third kappa shape index (κ3) is 3.32. The summed E-state index contributed by atoms with van der Waals surface area (Å²) in [6.45, 7) is 2.11. The highest BCUT2D eigenvalue weighted by atomic mass is 14.6. The number of hydrogen-bond acceptors (Lipinski definition) is 1. The van der Waals surface area contributed by atoms with Crippen LogP contribution in [0.3, 0.4) is 0 Å². The van der Waals surface area contributed by atoms with Gasteiger partial charge in [0.15, 0.2) is 0 Å². The molecule has 1 unspecified atom stereocenters. The number of fused-ring (bicyclic) bond motifs is 1. The van der Waals surface area contributed by atoms with Crippen LogP contribution < -0.4 is 5.73 Å². The highest BCUT2D eigenvalue weighted by molar-refractivity contribution is 5.85. The lowest BCUT2D eigenvalue weighted by molar-refractivity contribution is 0.667. The molecular formula is C20H21N. The molecule has 0 radical (unpaired) electrons. The van der Waals surface area contributed by atoms with Gasteiger partial charge in [-0.25, -0.2) is 0 Å². The van der Waals surface area contributed by atoms with Crippen LogP contribution in [0.2, 0.25) is 0 Å². The maximum atomic E-state index is 6.37. The van der Waals surface area contributed by atoms with Crippen LogP contribution in [0.4, 0.5) is 0 Å². The minimum atomic E-state index is 0.151. The van der Waals surface area contributed by atoms with E-state index in [-0.39, 0.29) is 6.04 Å². The van der Waals surface area contributed by atoms with Crippen LogP contribution in [-0.2, 0) is 12.8 Å². The number of benzene rings is 3. The number of aryl methyl sites for hydroxylation is 1. The fraction of sp³-hybridized carbons (Fsp3) is 0.200. The van der Waals surface area contributed by atoms with Crippen molar-refractivity contribution in [2.75, 3.05) is 0 Å². The van der Waals surface area contributed by atoms with Crippen molar-refractivity contribution in [2.24, 2.45) is 5.73 Å². The van der Waals surface area contributed by atoms with Gasteiger partial charge in [0.25, 0.3) is 0 Å². The van der Waals surface area contributed by atoms with Gasteiger partial charge in [0.1, 0.15) is 0 Å². The van der Waals surface area contributed by atoms with Crippen LogP contribution >= 0.6 is 0 Å². The molecule has 0 bridgehead atoms. The summed E-state index contributed by atoms with van der Waals surface area (Å²) in [4.78, 5) is 0. The van der Waals surface area contributed by atoms with E-state index in [0.717, 1.165) is 12.8 Å². The summed E-state index contributed by atoms with van der Waals surface area (Å²) in [5.74, 6) is 0. The zero-order valence-corrected chi connectivity index (χ0v) is 12.4. The largest absolute Gasteiger partial charge is 0.327 e. The lowest BCUT2D eigenvalue weighted by atomic mass is 9.95. The summed E-state index contributed by atoms with van der Waals surface area (Å²) in [5, 5.41) is 2.61. The smallest absolute Gasteiger partial charge is 0.0120 e. The van der Waals surface area contributed by atoms with E-state index in [9.17, 15) is 0 Å². The zero-order chi connectivity index (χ0) is 14.7. The Hall–Kier alpha value is -2.12. The zero-order valence-electron chi connectivity index (χ0n) is 12.4. The minimum Gasteiger partial charge on any atom is -0.327 e. The predicted molar refractivity (Wildman–Crippen MR) is 90.5 cm³/mol. The Morgan fingerprint density at radius 3 is 2.33 bits per heavy atom. The van der Waals surface area contributed by atoms with E-state index in [0.29, 0.717) is 0 Å².